The molecule has 2 aromatic rings. The molecule has 0 atom stereocenters. The highest BCUT2D eigenvalue weighted by atomic mass is 127. The van der Waals surface area contributed by atoms with E-state index in [1.54, 1.807) is 11.8 Å². The number of halogens is 1. The predicted octanol–water partition coefficient (Wildman–Crippen LogP) is 3.13. The summed E-state index contributed by atoms with van der Waals surface area (Å²) in [7, 11) is 0. The lowest BCUT2D eigenvalue weighted by Gasteiger charge is -2.12. The number of benzene rings is 1. The van der Waals surface area contributed by atoms with Gasteiger partial charge in [0, 0.05) is 24.4 Å². The lowest BCUT2D eigenvalue weighted by molar-refractivity contribution is 0.663. The first-order valence-electron chi connectivity index (χ1n) is 8.78. The second-order valence-electron chi connectivity index (χ2n) is 6.15. The number of nitrogens with one attached hydrogen (secondary N) is 2. The Labute approximate surface area is 176 Å². The third-order valence-electron chi connectivity index (χ3n) is 4.29. The first-order valence-corrected chi connectivity index (χ1v) is 10.0. The Hall–Kier alpha value is -1.29. The van der Waals surface area contributed by atoms with Crippen LogP contribution in [0.15, 0.2) is 28.1 Å². The van der Waals surface area contributed by atoms with Crippen LogP contribution in [0.25, 0.3) is 0 Å². The topological polar surface area (TPSA) is 67.1 Å². The third kappa shape index (κ3) is 5.12. The van der Waals surface area contributed by atoms with Gasteiger partial charge in [-0.25, -0.2) is 4.99 Å². The molecule has 6 nitrogen and oxygen atoms in total. The van der Waals surface area contributed by atoms with Gasteiger partial charge in [0.25, 0.3) is 0 Å². The zero-order valence-corrected chi connectivity index (χ0v) is 18.7. The number of aromatic nitrogens is 3. The monoisotopic (exact) mass is 486 g/mol. The Balaban J connectivity index is 0.00000243. The van der Waals surface area contributed by atoms with Crippen LogP contribution in [0.4, 0.5) is 0 Å². The first-order chi connectivity index (χ1) is 12.2. The summed E-state index contributed by atoms with van der Waals surface area (Å²) in [5.74, 6) is 2.90. The zero-order valence-electron chi connectivity index (χ0n) is 15.6. The molecule has 0 saturated carbocycles. The van der Waals surface area contributed by atoms with Crippen LogP contribution in [0.1, 0.15) is 36.1 Å². The maximum atomic E-state index is 4.74. The minimum atomic E-state index is 0. The molecule has 1 aromatic carbocycles. The summed E-state index contributed by atoms with van der Waals surface area (Å²) in [5, 5.41) is 15.2. The maximum absolute atomic E-state index is 4.74. The molecule has 0 saturated heterocycles. The van der Waals surface area contributed by atoms with Crippen molar-refractivity contribution in [1.29, 1.82) is 0 Å². The van der Waals surface area contributed by atoms with Crippen LogP contribution < -0.4 is 10.6 Å². The summed E-state index contributed by atoms with van der Waals surface area (Å²) in [6.45, 7) is 7.34. The number of fused-ring (bicyclic) bond motifs is 1. The highest BCUT2D eigenvalue weighted by Crippen LogP contribution is 2.22. The molecule has 0 unspecified atom stereocenters. The van der Waals surface area contributed by atoms with Gasteiger partial charge < -0.3 is 15.2 Å². The van der Waals surface area contributed by atoms with Gasteiger partial charge in [-0.3, -0.25) is 0 Å². The summed E-state index contributed by atoms with van der Waals surface area (Å²) in [4.78, 5) is 6.03. The van der Waals surface area contributed by atoms with Gasteiger partial charge in [0.05, 0.1) is 13.1 Å². The van der Waals surface area contributed by atoms with Crippen LogP contribution in [0.3, 0.4) is 0 Å². The minimum absolute atomic E-state index is 0. The van der Waals surface area contributed by atoms with Crippen molar-refractivity contribution < 1.29 is 0 Å². The Morgan fingerprint density at radius 2 is 2.15 bits per heavy atom. The third-order valence-corrected chi connectivity index (χ3v) is 5.11. The number of aliphatic imine (C=N–C) groups is 1. The fourth-order valence-corrected chi connectivity index (χ4v) is 3.69. The van der Waals surface area contributed by atoms with Crippen LogP contribution in [-0.2, 0) is 26.1 Å². The van der Waals surface area contributed by atoms with E-state index >= 15 is 0 Å². The van der Waals surface area contributed by atoms with Crippen molar-refractivity contribution in [3.63, 3.8) is 0 Å². The molecule has 0 spiro atoms. The highest BCUT2D eigenvalue weighted by Gasteiger charge is 2.17. The zero-order chi connectivity index (χ0) is 17.6. The molecule has 0 aliphatic carbocycles. The van der Waals surface area contributed by atoms with E-state index in [1.807, 2.05) is 0 Å². The Bertz CT molecular complexity index is 758. The largest absolute Gasteiger partial charge is 0.357 e. The summed E-state index contributed by atoms with van der Waals surface area (Å²) in [6, 6.07) is 6.53. The van der Waals surface area contributed by atoms with E-state index in [4.69, 9.17) is 4.99 Å². The van der Waals surface area contributed by atoms with Gasteiger partial charge in [0.2, 0.25) is 0 Å². The molecule has 0 fully saturated rings. The van der Waals surface area contributed by atoms with Crippen LogP contribution in [0.2, 0.25) is 0 Å². The molecule has 0 bridgehead atoms. The van der Waals surface area contributed by atoms with Gasteiger partial charge in [0.1, 0.15) is 5.82 Å². The molecular formula is C18H27IN6S. The molecule has 8 heteroatoms. The van der Waals surface area contributed by atoms with E-state index in [9.17, 15) is 0 Å². The predicted molar refractivity (Wildman–Crippen MR) is 118 cm³/mol. The number of hydrogen-bond donors (Lipinski definition) is 2. The maximum Gasteiger partial charge on any atom is 0.191 e. The number of guanidine groups is 1. The molecular weight excluding hydrogens is 459 g/mol. The van der Waals surface area contributed by atoms with Crippen molar-refractivity contribution in [3.8, 4) is 0 Å². The molecule has 1 aliphatic rings. The van der Waals surface area contributed by atoms with Crippen LogP contribution in [0, 0.1) is 6.92 Å². The fraction of sp³-hybridized carbons (Fsp3) is 0.500. The Morgan fingerprint density at radius 1 is 1.31 bits per heavy atom. The highest BCUT2D eigenvalue weighted by molar-refractivity contribution is 14.0. The Kier molecular flexibility index (Phi) is 8.20. The smallest absolute Gasteiger partial charge is 0.191 e. The lowest BCUT2D eigenvalue weighted by atomic mass is 10.1. The number of thioether (sulfide) groups is 1. The van der Waals surface area contributed by atoms with Gasteiger partial charge >= 0.3 is 0 Å². The molecule has 2 heterocycles. The van der Waals surface area contributed by atoms with Crippen LogP contribution in [-0.4, -0.2) is 33.5 Å². The van der Waals surface area contributed by atoms with Crippen molar-refractivity contribution in [1.82, 2.24) is 25.4 Å². The number of nitrogens with zero attached hydrogens (tertiary/aromatic N) is 4. The van der Waals surface area contributed by atoms with E-state index in [-0.39, 0.29) is 24.0 Å². The van der Waals surface area contributed by atoms with E-state index in [2.05, 4.69) is 63.7 Å². The van der Waals surface area contributed by atoms with Gasteiger partial charge in [-0.05, 0) is 43.7 Å². The number of rotatable bonds is 6. The van der Waals surface area contributed by atoms with Crippen molar-refractivity contribution in [2.75, 3.05) is 12.8 Å². The van der Waals surface area contributed by atoms with Crippen LogP contribution in [0.5, 0.6) is 0 Å². The summed E-state index contributed by atoms with van der Waals surface area (Å²) < 4.78 is 2.21. The van der Waals surface area contributed by atoms with Crippen molar-refractivity contribution in [2.45, 2.75) is 51.2 Å². The quantitative estimate of drug-likeness (QED) is 0.284. The van der Waals surface area contributed by atoms with E-state index in [1.165, 1.54) is 16.0 Å². The first kappa shape index (κ1) is 21.0. The molecule has 3 rings (SSSR count). The fourth-order valence-electron chi connectivity index (χ4n) is 2.99. The van der Waals surface area contributed by atoms with Crippen molar-refractivity contribution in [2.24, 2.45) is 4.99 Å². The summed E-state index contributed by atoms with van der Waals surface area (Å²) >= 11 is 1.77. The molecule has 1 aromatic heterocycles. The van der Waals surface area contributed by atoms with Gasteiger partial charge in [-0.1, -0.05) is 12.1 Å². The molecule has 26 heavy (non-hydrogen) atoms. The average Bonchev–Trinajstić information content (AvgIpc) is 3.22. The molecule has 0 radical (unpaired) electrons. The van der Waals surface area contributed by atoms with Gasteiger partial charge in [-0.2, -0.15) is 0 Å². The number of aryl methyl sites for hydroxylation is 2. The summed E-state index contributed by atoms with van der Waals surface area (Å²) in [6.07, 6.45) is 4.31. The number of hydrogen-bond acceptors (Lipinski definition) is 4. The molecule has 1 aliphatic heterocycles. The second-order valence-corrected chi connectivity index (χ2v) is 7.00. The van der Waals surface area contributed by atoms with E-state index in [0.29, 0.717) is 13.1 Å². The standard InChI is InChI=1S/C18H26N6S.HI/c1-4-19-18(20-11-14-8-7-13(2)10-15(14)25-3)21-12-17-23-22-16-6-5-9-24(16)17;/h7-8,10H,4-6,9,11-12H2,1-3H3,(H2,19,20,21);1H. The second kappa shape index (κ2) is 10.1. The van der Waals surface area contributed by atoms with Crippen molar-refractivity contribution in [3.05, 3.63) is 41.0 Å². The van der Waals surface area contributed by atoms with Gasteiger partial charge in [0.15, 0.2) is 11.8 Å². The normalized spacial score (nSPS) is 13.3. The van der Waals surface area contributed by atoms with Crippen molar-refractivity contribution >= 4 is 41.7 Å². The molecule has 142 valence electrons. The van der Waals surface area contributed by atoms with Gasteiger partial charge in [-0.15, -0.1) is 45.9 Å². The average molecular weight is 486 g/mol. The minimum Gasteiger partial charge on any atom is -0.357 e. The lowest BCUT2D eigenvalue weighted by Crippen LogP contribution is -2.37. The SMILES string of the molecule is CCNC(=NCc1ccc(C)cc1SC)NCc1nnc2n1CCC2.I. The summed E-state index contributed by atoms with van der Waals surface area (Å²) in [5.41, 5.74) is 2.53. The molecule has 0 amide bonds. The van der Waals surface area contributed by atoms with Crippen LogP contribution >= 0.6 is 35.7 Å². The molecule has 2 N–H and O–H groups in total. The van der Waals surface area contributed by atoms with E-state index < -0.39 is 0 Å². The van der Waals surface area contributed by atoms with E-state index in [0.717, 1.165) is 43.5 Å². The Morgan fingerprint density at radius 3 is 2.92 bits per heavy atom.